The van der Waals surface area contributed by atoms with Gasteiger partial charge < -0.3 is 4.90 Å². The van der Waals surface area contributed by atoms with Gasteiger partial charge in [0.1, 0.15) is 0 Å². The normalized spacial score (nSPS) is 49.0. The second kappa shape index (κ2) is 4.27. The molecular formula is C20H22IN. The maximum absolute atomic E-state index is 2.58. The molecule has 22 heavy (non-hydrogen) atoms. The highest BCUT2D eigenvalue weighted by atomic mass is 127. The van der Waals surface area contributed by atoms with E-state index < -0.39 is 0 Å². The Morgan fingerprint density at radius 2 is 1.82 bits per heavy atom. The second-order valence-corrected chi connectivity index (χ2v) is 7.94. The third-order valence-electron chi connectivity index (χ3n) is 7.47. The van der Waals surface area contributed by atoms with Crippen LogP contribution in [-0.2, 0) is 5.41 Å². The molecule has 2 saturated carbocycles. The van der Waals surface area contributed by atoms with Gasteiger partial charge in [0.2, 0.25) is 0 Å². The number of hydrogen-bond acceptors (Lipinski definition) is 1. The van der Waals surface area contributed by atoms with Crippen molar-refractivity contribution in [3.05, 3.63) is 59.7 Å². The zero-order chi connectivity index (χ0) is 13.8. The van der Waals surface area contributed by atoms with Crippen molar-refractivity contribution in [3.8, 4) is 0 Å². The summed E-state index contributed by atoms with van der Waals surface area (Å²) in [5.74, 6) is 5.12. The van der Waals surface area contributed by atoms with Crippen molar-refractivity contribution in [2.75, 3.05) is 20.1 Å². The van der Waals surface area contributed by atoms with Crippen molar-refractivity contribution in [2.24, 2.45) is 29.6 Å². The number of benzene rings is 1. The average Bonchev–Trinajstić information content (AvgIpc) is 2.92. The number of rotatable bonds is 0. The number of hydrogen-bond donors (Lipinski definition) is 0. The van der Waals surface area contributed by atoms with Crippen molar-refractivity contribution >= 4 is 24.0 Å². The Morgan fingerprint density at radius 1 is 1.05 bits per heavy atom. The van der Waals surface area contributed by atoms with E-state index in [2.05, 4.69) is 60.5 Å². The fraction of sp³-hybridized carbons (Fsp3) is 0.500. The standard InChI is InChI=1S/C20H21N.HI/c1-21-10-15-17(11-21)20-16-9-5-4-8-14(16)18(20)12-6-2-3-7-13(12)19(15)20;/h2-9,12-13,15,17-19H,10-11H2,1H3;1H. The van der Waals surface area contributed by atoms with Crippen LogP contribution >= 0.6 is 24.0 Å². The Kier molecular flexibility index (Phi) is 2.68. The Hall–Kier alpha value is -0.610. The van der Waals surface area contributed by atoms with Gasteiger partial charge in [-0.1, -0.05) is 48.6 Å². The van der Waals surface area contributed by atoms with E-state index in [4.69, 9.17) is 0 Å². The van der Waals surface area contributed by atoms with Gasteiger partial charge in [-0.25, -0.2) is 0 Å². The van der Waals surface area contributed by atoms with E-state index in [0.717, 1.165) is 35.5 Å². The van der Waals surface area contributed by atoms with Crippen molar-refractivity contribution in [2.45, 2.75) is 11.3 Å². The van der Waals surface area contributed by atoms with E-state index in [1.54, 1.807) is 11.1 Å². The quantitative estimate of drug-likeness (QED) is 0.596. The molecule has 0 N–H and O–H groups in total. The summed E-state index contributed by atoms with van der Waals surface area (Å²) in [6.07, 6.45) is 9.65. The first kappa shape index (κ1) is 13.8. The highest BCUT2D eigenvalue weighted by molar-refractivity contribution is 14.0. The van der Waals surface area contributed by atoms with Crippen LogP contribution in [0.4, 0.5) is 0 Å². The fourth-order valence-electron chi connectivity index (χ4n) is 7.18. The van der Waals surface area contributed by atoms with Crippen molar-refractivity contribution in [3.63, 3.8) is 0 Å². The molecule has 0 bridgehead atoms. The SMILES string of the molecule is CN1CC2C(C1)C13c4ccccc4C1C1C=CC=CC1C23.I. The summed E-state index contributed by atoms with van der Waals surface area (Å²) in [6, 6.07) is 9.36. The summed E-state index contributed by atoms with van der Waals surface area (Å²) in [6.45, 7) is 2.64. The molecular weight excluding hydrogens is 381 g/mol. The maximum atomic E-state index is 2.58. The van der Waals surface area contributed by atoms with Gasteiger partial charge in [-0.05, 0) is 47.8 Å². The monoisotopic (exact) mass is 403 g/mol. The summed E-state index contributed by atoms with van der Waals surface area (Å²) in [7, 11) is 2.32. The molecule has 7 atom stereocenters. The summed E-state index contributed by atoms with van der Waals surface area (Å²) in [5, 5.41) is 0. The molecule has 1 aromatic rings. The number of nitrogens with zero attached hydrogens (tertiary/aromatic N) is 1. The minimum atomic E-state index is 0. The number of allylic oxidation sites excluding steroid dienone is 4. The average molecular weight is 403 g/mol. The van der Waals surface area contributed by atoms with E-state index in [1.807, 2.05) is 0 Å². The number of halogens is 1. The molecule has 0 radical (unpaired) electrons. The molecule has 6 rings (SSSR count). The predicted octanol–water partition coefficient (Wildman–Crippen LogP) is 3.82. The Bertz CT molecular complexity index is 707. The lowest BCUT2D eigenvalue weighted by atomic mass is 9.37. The molecule has 1 nitrogen and oxygen atoms in total. The third-order valence-corrected chi connectivity index (χ3v) is 7.47. The van der Waals surface area contributed by atoms with Gasteiger partial charge in [0.25, 0.3) is 0 Å². The van der Waals surface area contributed by atoms with Gasteiger partial charge in [-0.3, -0.25) is 0 Å². The first-order valence-corrected chi connectivity index (χ1v) is 8.46. The molecule has 5 aliphatic rings. The Morgan fingerprint density at radius 3 is 2.68 bits per heavy atom. The van der Waals surface area contributed by atoms with Gasteiger partial charge >= 0.3 is 0 Å². The first-order chi connectivity index (χ1) is 10.3. The van der Waals surface area contributed by atoms with Crippen molar-refractivity contribution in [1.82, 2.24) is 4.90 Å². The largest absolute Gasteiger partial charge is 0.306 e. The summed E-state index contributed by atoms with van der Waals surface area (Å²) >= 11 is 0. The van der Waals surface area contributed by atoms with Gasteiger partial charge in [-0.2, -0.15) is 0 Å². The number of likely N-dealkylation sites (tertiary alicyclic amines) is 1. The van der Waals surface area contributed by atoms with Gasteiger partial charge in [0.05, 0.1) is 0 Å². The minimum absolute atomic E-state index is 0. The van der Waals surface area contributed by atoms with Crippen LogP contribution in [-0.4, -0.2) is 25.0 Å². The third kappa shape index (κ3) is 1.22. The minimum Gasteiger partial charge on any atom is -0.306 e. The molecule has 1 heterocycles. The van der Waals surface area contributed by atoms with Crippen LogP contribution in [0.25, 0.3) is 0 Å². The Labute approximate surface area is 149 Å². The van der Waals surface area contributed by atoms with Gasteiger partial charge in [0, 0.05) is 24.4 Å². The summed E-state index contributed by atoms with van der Waals surface area (Å²) in [5.41, 5.74) is 3.91. The molecule has 0 amide bonds. The molecule has 1 aromatic carbocycles. The van der Waals surface area contributed by atoms with E-state index in [9.17, 15) is 0 Å². The molecule has 114 valence electrons. The van der Waals surface area contributed by atoms with E-state index in [1.165, 1.54) is 13.1 Å². The molecule has 1 spiro atoms. The van der Waals surface area contributed by atoms with Crippen LogP contribution < -0.4 is 0 Å². The van der Waals surface area contributed by atoms with Crippen LogP contribution in [0, 0.1) is 29.6 Å². The topological polar surface area (TPSA) is 3.24 Å². The Balaban J connectivity index is 0.00000113. The zero-order valence-corrected chi connectivity index (χ0v) is 15.2. The lowest BCUT2D eigenvalue weighted by Crippen LogP contribution is -2.64. The molecule has 2 heteroatoms. The van der Waals surface area contributed by atoms with E-state index in [-0.39, 0.29) is 24.0 Å². The van der Waals surface area contributed by atoms with Crippen LogP contribution in [0.1, 0.15) is 17.0 Å². The van der Waals surface area contributed by atoms with Crippen LogP contribution in [0.15, 0.2) is 48.6 Å². The zero-order valence-electron chi connectivity index (χ0n) is 12.9. The highest BCUT2D eigenvalue weighted by Gasteiger charge is 2.78. The molecule has 3 fully saturated rings. The number of fused-ring (bicyclic) bond motifs is 7. The smallest absolute Gasteiger partial charge is 0.0111 e. The molecule has 1 saturated heterocycles. The van der Waals surface area contributed by atoms with Gasteiger partial charge in [0.15, 0.2) is 0 Å². The molecule has 1 aliphatic heterocycles. The van der Waals surface area contributed by atoms with Crippen LogP contribution in [0.3, 0.4) is 0 Å². The van der Waals surface area contributed by atoms with Crippen molar-refractivity contribution in [1.29, 1.82) is 0 Å². The van der Waals surface area contributed by atoms with Crippen LogP contribution in [0.5, 0.6) is 0 Å². The highest BCUT2D eigenvalue weighted by Crippen LogP contribution is 2.80. The second-order valence-electron chi connectivity index (χ2n) is 7.94. The predicted molar refractivity (Wildman–Crippen MR) is 99.5 cm³/mol. The first-order valence-electron chi connectivity index (χ1n) is 8.46. The van der Waals surface area contributed by atoms with E-state index in [0.29, 0.717) is 5.41 Å². The fourth-order valence-corrected chi connectivity index (χ4v) is 7.18. The van der Waals surface area contributed by atoms with E-state index >= 15 is 0 Å². The summed E-state index contributed by atoms with van der Waals surface area (Å²) < 4.78 is 0. The molecule has 7 unspecified atom stereocenters. The van der Waals surface area contributed by atoms with Gasteiger partial charge in [-0.15, -0.1) is 24.0 Å². The van der Waals surface area contributed by atoms with Crippen molar-refractivity contribution < 1.29 is 0 Å². The summed E-state index contributed by atoms with van der Waals surface area (Å²) in [4.78, 5) is 2.58. The molecule has 4 aliphatic carbocycles. The maximum Gasteiger partial charge on any atom is 0.0111 e. The molecule has 0 aromatic heterocycles. The van der Waals surface area contributed by atoms with Crippen LogP contribution in [0.2, 0.25) is 0 Å². The lowest BCUT2D eigenvalue weighted by Gasteiger charge is -2.65. The lowest BCUT2D eigenvalue weighted by molar-refractivity contribution is -0.0381.